The predicted octanol–water partition coefficient (Wildman–Crippen LogP) is 1.38. The summed E-state index contributed by atoms with van der Waals surface area (Å²) < 4.78 is 2.23. The van der Waals surface area contributed by atoms with E-state index >= 15 is 0 Å². The van der Waals surface area contributed by atoms with Crippen molar-refractivity contribution in [1.82, 2.24) is 14.9 Å². The zero-order valence-corrected chi connectivity index (χ0v) is 11.1. The number of carbonyl (C=O) groups excluding carboxylic acids is 1. The fraction of sp³-hybridized carbons (Fsp3) is 0.273. The number of amides is 1. The Kier molecular flexibility index (Phi) is 3.06. The zero-order valence-electron chi connectivity index (χ0n) is 9.50. The lowest BCUT2D eigenvalue weighted by atomic mass is 10.3. The highest BCUT2D eigenvalue weighted by Gasteiger charge is 2.13. The van der Waals surface area contributed by atoms with Crippen LogP contribution in [0.4, 0.5) is 0 Å². The van der Waals surface area contributed by atoms with Gasteiger partial charge in [-0.3, -0.25) is 9.59 Å². The maximum atomic E-state index is 11.9. The molecule has 0 saturated carbocycles. The minimum Gasteiger partial charge on any atom is -0.351 e. The molecule has 5 nitrogen and oxygen atoms in total. The molecule has 17 heavy (non-hydrogen) atoms. The Hall–Kier alpha value is -1.56. The van der Waals surface area contributed by atoms with Gasteiger partial charge in [-0.25, -0.2) is 0 Å². The maximum absolute atomic E-state index is 11.9. The molecule has 0 fully saturated rings. The summed E-state index contributed by atoms with van der Waals surface area (Å²) in [6.07, 6.45) is 1.67. The molecule has 0 aromatic carbocycles. The van der Waals surface area contributed by atoms with Crippen molar-refractivity contribution in [3.8, 4) is 0 Å². The molecule has 2 aromatic heterocycles. The Bertz CT molecular complexity index is 642. The highest BCUT2D eigenvalue weighted by molar-refractivity contribution is 9.10. The van der Waals surface area contributed by atoms with Crippen molar-refractivity contribution in [3.05, 3.63) is 32.8 Å². The number of nitrogens with zero attached hydrogens (tertiary/aromatic N) is 1. The fourth-order valence-electron chi connectivity index (χ4n) is 1.67. The first-order chi connectivity index (χ1) is 8.04. The van der Waals surface area contributed by atoms with E-state index in [2.05, 4.69) is 26.2 Å². The normalized spacial score (nSPS) is 10.8. The minimum absolute atomic E-state index is 0.130. The molecule has 0 aliphatic carbocycles. The number of H-pyrrole nitrogens is 1. The molecule has 1 amide bonds. The molecular formula is C11H12BrN3O2. The van der Waals surface area contributed by atoms with Gasteiger partial charge in [0, 0.05) is 19.8 Å². The smallest absolute Gasteiger partial charge is 0.267 e. The molecule has 2 aromatic rings. The Balaban J connectivity index is 2.65. The van der Waals surface area contributed by atoms with E-state index in [1.54, 1.807) is 19.3 Å². The molecule has 6 heteroatoms. The first-order valence-corrected chi connectivity index (χ1v) is 6.00. The Morgan fingerprint density at radius 1 is 1.59 bits per heavy atom. The van der Waals surface area contributed by atoms with E-state index in [4.69, 9.17) is 0 Å². The van der Waals surface area contributed by atoms with Crippen LogP contribution >= 0.6 is 15.9 Å². The SMILES string of the molecule is CCNC(=O)c1cc2c(=O)n(C)cc(Br)c2[nH]1. The van der Waals surface area contributed by atoms with E-state index in [0.717, 1.165) is 4.47 Å². The maximum Gasteiger partial charge on any atom is 0.267 e. The predicted molar refractivity (Wildman–Crippen MR) is 69.2 cm³/mol. The highest BCUT2D eigenvalue weighted by atomic mass is 79.9. The molecule has 0 atom stereocenters. The number of halogens is 1. The monoisotopic (exact) mass is 297 g/mol. The number of aromatic amines is 1. The molecule has 0 saturated heterocycles. The van der Waals surface area contributed by atoms with Gasteiger partial charge in [-0.1, -0.05) is 0 Å². The topological polar surface area (TPSA) is 66.9 Å². The zero-order chi connectivity index (χ0) is 12.6. The molecule has 0 aliphatic rings. The summed E-state index contributed by atoms with van der Waals surface area (Å²) in [7, 11) is 1.67. The average molecular weight is 298 g/mol. The largest absolute Gasteiger partial charge is 0.351 e. The number of nitrogens with one attached hydrogen (secondary N) is 2. The van der Waals surface area contributed by atoms with Crippen LogP contribution in [-0.4, -0.2) is 22.0 Å². The van der Waals surface area contributed by atoms with Gasteiger partial charge >= 0.3 is 0 Å². The second kappa shape index (κ2) is 4.37. The van der Waals surface area contributed by atoms with Crippen LogP contribution < -0.4 is 10.9 Å². The van der Waals surface area contributed by atoms with E-state index in [1.165, 1.54) is 4.57 Å². The van der Waals surface area contributed by atoms with Crippen molar-refractivity contribution in [2.45, 2.75) is 6.92 Å². The summed E-state index contributed by atoms with van der Waals surface area (Å²) in [5.41, 5.74) is 0.912. The number of aromatic nitrogens is 2. The third kappa shape index (κ3) is 2.00. The lowest BCUT2D eigenvalue weighted by Crippen LogP contribution is -2.22. The van der Waals surface area contributed by atoms with Crippen molar-refractivity contribution in [2.75, 3.05) is 6.54 Å². The van der Waals surface area contributed by atoms with E-state index in [-0.39, 0.29) is 11.5 Å². The number of pyridine rings is 1. The standard InChI is InChI=1S/C11H12BrN3O2/c1-3-13-10(16)8-4-6-9(14-8)7(12)5-15(2)11(6)17/h4-5,14H,3H2,1-2H3,(H,13,16). The quantitative estimate of drug-likeness (QED) is 0.879. The minimum atomic E-state index is -0.211. The summed E-state index contributed by atoms with van der Waals surface area (Å²) in [6, 6.07) is 1.58. The molecule has 0 radical (unpaired) electrons. The van der Waals surface area contributed by atoms with Crippen molar-refractivity contribution >= 4 is 32.7 Å². The van der Waals surface area contributed by atoms with Crippen LogP contribution in [0.1, 0.15) is 17.4 Å². The van der Waals surface area contributed by atoms with Gasteiger partial charge in [0.05, 0.1) is 15.4 Å². The van der Waals surface area contributed by atoms with Crippen molar-refractivity contribution in [3.63, 3.8) is 0 Å². The summed E-state index contributed by atoms with van der Waals surface area (Å²) in [5, 5.41) is 3.18. The van der Waals surface area contributed by atoms with Crippen LogP contribution in [0.15, 0.2) is 21.5 Å². The Morgan fingerprint density at radius 3 is 2.94 bits per heavy atom. The van der Waals surface area contributed by atoms with Crippen LogP contribution in [0.2, 0.25) is 0 Å². The van der Waals surface area contributed by atoms with Crippen molar-refractivity contribution in [1.29, 1.82) is 0 Å². The number of carbonyl (C=O) groups is 1. The number of hydrogen-bond donors (Lipinski definition) is 2. The first-order valence-electron chi connectivity index (χ1n) is 5.20. The molecule has 0 spiro atoms. The van der Waals surface area contributed by atoms with E-state index in [0.29, 0.717) is 23.1 Å². The Labute approximate surface area is 106 Å². The van der Waals surface area contributed by atoms with E-state index in [9.17, 15) is 9.59 Å². The summed E-state index contributed by atoms with van der Waals surface area (Å²) >= 11 is 3.36. The highest BCUT2D eigenvalue weighted by Crippen LogP contribution is 2.20. The van der Waals surface area contributed by atoms with Gasteiger partial charge in [0.25, 0.3) is 11.5 Å². The van der Waals surface area contributed by atoms with Crippen molar-refractivity contribution < 1.29 is 4.79 Å². The third-order valence-electron chi connectivity index (χ3n) is 2.50. The van der Waals surface area contributed by atoms with E-state index in [1.807, 2.05) is 6.92 Å². The molecule has 0 aliphatic heterocycles. The second-order valence-corrected chi connectivity index (χ2v) is 4.58. The van der Waals surface area contributed by atoms with Crippen LogP contribution in [0.5, 0.6) is 0 Å². The van der Waals surface area contributed by atoms with Gasteiger partial charge in [-0.2, -0.15) is 0 Å². The summed E-state index contributed by atoms with van der Waals surface area (Å²) in [6.45, 7) is 2.39. The fourth-order valence-corrected chi connectivity index (χ4v) is 2.29. The number of fused-ring (bicyclic) bond motifs is 1. The molecular weight excluding hydrogens is 286 g/mol. The summed E-state index contributed by atoms with van der Waals surface area (Å²) in [5.74, 6) is -0.211. The molecule has 2 heterocycles. The van der Waals surface area contributed by atoms with Crippen LogP contribution in [0.25, 0.3) is 10.9 Å². The van der Waals surface area contributed by atoms with Gasteiger partial charge in [0.1, 0.15) is 5.69 Å². The van der Waals surface area contributed by atoms with Crippen LogP contribution in [-0.2, 0) is 7.05 Å². The number of hydrogen-bond acceptors (Lipinski definition) is 2. The van der Waals surface area contributed by atoms with Crippen molar-refractivity contribution in [2.24, 2.45) is 7.05 Å². The molecule has 2 N–H and O–H groups in total. The average Bonchev–Trinajstić information content (AvgIpc) is 2.72. The summed E-state index contributed by atoms with van der Waals surface area (Å²) in [4.78, 5) is 26.5. The van der Waals surface area contributed by atoms with Gasteiger partial charge in [0.2, 0.25) is 0 Å². The molecule has 0 bridgehead atoms. The van der Waals surface area contributed by atoms with Gasteiger partial charge in [0.15, 0.2) is 0 Å². The third-order valence-corrected chi connectivity index (χ3v) is 3.10. The molecule has 0 unspecified atom stereocenters. The lowest BCUT2D eigenvalue weighted by Gasteiger charge is -1.99. The molecule has 90 valence electrons. The van der Waals surface area contributed by atoms with Crippen LogP contribution in [0.3, 0.4) is 0 Å². The second-order valence-electron chi connectivity index (χ2n) is 3.72. The molecule has 2 rings (SSSR count). The Morgan fingerprint density at radius 2 is 2.29 bits per heavy atom. The first kappa shape index (κ1) is 11.9. The lowest BCUT2D eigenvalue weighted by molar-refractivity contribution is 0.0951. The van der Waals surface area contributed by atoms with Gasteiger partial charge < -0.3 is 14.9 Å². The number of aryl methyl sites for hydroxylation is 1. The number of rotatable bonds is 2. The van der Waals surface area contributed by atoms with Gasteiger partial charge in [-0.15, -0.1) is 0 Å². The van der Waals surface area contributed by atoms with Gasteiger partial charge in [-0.05, 0) is 28.9 Å². The van der Waals surface area contributed by atoms with Crippen LogP contribution in [0, 0.1) is 0 Å². The van der Waals surface area contributed by atoms with E-state index < -0.39 is 0 Å².